The standard InChI is InChI=1S/C19H24N2O3S/c1-14(2)13-19(16-7-5-4-6-8-16)21-25(23,24)18-11-9-17(10-12-18)20-15(3)22/h4-12,14,19,21H,13H2,1-3H3,(H,20,22). The van der Waals surface area contributed by atoms with Gasteiger partial charge in [0.05, 0.1) is 4.90 Å². The summed E-state index contributed by atoms with van der Waals surface area (Å²) in [4.78, 5) is 11.2. The molecule has 0 saturated carbocycles. The highest BCUT2D eigenvalue weighted by molar-refractivity contribution is 7.89. The molecule has 0 radical (unpaired) electrons. The smallest absolute Gasteiger partial charge is 0.241 e. The Balaban J connectivity index is 2.23. The Morgan fingerprint density at radius 3 is 2.12 bits per heavy atom. The van der Waals surface area contributed by atoms with Gasteiger partial charge >= 0.3 is 0 Å². The fourth-order valence-electron chi connectivity index (χ4n) is 2.58. The zero-order valence-corrected chi connectivity index (χ0v) is 15.5. The van der Waals surface area contributed by atoms with Crippen molar-refractivity contribution in [3.8, 4) is 0 Å². The molecule has 1 unspecified atom stereocenters. The highest BCUT2D eigenvalue weighted by atomic mass is 32.2. The second kappa shape index (κ2) is 8.27. The Labute approximate surface area is 149 Å². The van der Waals surface area contributed by atoms with E-state index in [1.165, 1.54) is 19.1 Å². The minimum Gasteiger partial charge on any atom is -0.326 e. The van der Waals surface area contributed by atoms with E-state index in [9.17, 15) is 13.2 Å². The van der Waals surface area contributed by atoms with Crippen molar-refractivity contribution in [3.05, 3.63) is 60.2 Å². The Morgan fingerprint density at radius 1 is 1.00 bits per heavy atom. The minimum atomic E-state index is -3.66. The summed E-state index contributed by atoms with van der Waals surface area (Å²) in [5, 5.41) is 2.62. The molecule has 0 heterocycles. The molecule has 0 spiro atoms. The molecule has 0 fully saturated rings. The monoisotopic (exact) mass is 360 g/mol. The van der Waals surface area contributed by atoms with Gasteiger partial charge in [-0.15, -0.1) is 0 Å². The van der Waals surface area contributed by atoms with Crippen molar-refractivity contribution in [1.82, 2.24) is 4.72 Å². The SMILES string of the molecule is CC(=O)Nc1ccc(S(=O)(=O)NC(CC(C)C)c2ccccc2)cc1. The van der Waals surface area contributed by atoms with E-state index in [-0.39, 0.29) is 16.8 Å². The van der Waals surface area contributed by atoms with Crippen LogP contribution < -0.4 is 10.0 Å². The zero-order chi connectivity index (χ0) is 18.4. The van der Waals surface area contributed by atoms with E-state index in [0.717, 1.165) is 5.56 Å². The van der Waals surface area contributed by atoms with Crippen LogP contribution in [0.15, 0.2) is 59.5 Å². The van der Waals surface area contributed by atoms with Gasteiger partial charge in [-0.2, -0.15) is 0 Å². The van der Waals surface area contributed by atoms with Crippen molar-refractivity contribution in [3.63, 3.8) is 0 Å². The molecular formula is C19H24N2O3S. The molecule has 0 aromatic heterocycles. The number of hydrogen-bond donors (Lipinski definition) is 2. The quantitative estimate of drug-likeness (QED) is 0.790. The lowest BCUT2D eigenvalue weighted by Crippen LogP contribution is -2.29. The van der Waals surface area contributed by atoms with Crippen LogP contribution in [0.5, 0.6) is 0 Å². The number of rotatable bonds is 7. The van der Waals surface area contributed by atoms with Crippen molar-refractivity contribution in [2.75, 3.05) is 5.32 Å². The first-order valence-corrected chi connectivity index (χ1v) is 9.71. The molecule has 0 saturated heterocycles. The molecular weight excluding hydrogens is 336 g/mol. The third-order valence-corrected chi connectivity index (χ3v) is 5.18. The molecule has 0 aliphatic carbocycles. The summed E-state index contributed by atoms with van der Waals surface area (Å²) in [5.74, 6) is 0.143. The molecule has 0 bridgehead atoms. The van der Waals surface area contributed by atoms with Crippen LogP contribution in [-0.4, -0.2) is 14.3 Å². The maximum atomic E-state index is 12.7. The first kappa shape index (κ1) is 19.1. The molecule has 5 nitrogen and oxygen atoms in total. The van der Waals surface area contributed by atoms with Crippen molar-refractivity contribution in [2.24, 2.45) is 5.92 Å². The largest absolute Gasteiger partial charge is 0.326 e. The summed E-state index contributed by atoms with van der Waals surface area (Å²) in [6, 6.07) is 15.4. The normalized spacial score (nSPS) is 12.8. The summed E-state index contributed by atoms with van der Waals surface area (Å²) >= 11 is 0. The molecule has 134 valence electrons. The van der Waals surface area contributed by atoms with Gasteiger partial charge < -0.3 is 5.32 Å². The first-order valence-electron chi connectivity index (χ1n) is 8.23. The van der Waals surface area contributed by atoms with Crippen LogP contribution in [0, 0.1) is 5.92 Å². The Bertz CT molecular complexity index is 800. The van der Waals surface area contributed by atoms with E-state index in [4.69, 9.17) is 0 Å². The lowest BCUT2D eigenvalue weighted by molar-refractivity contribution is -0.114. The molecule has 2 aromatic carbocycles. The third-order valence-electron chi connectivity index (χ3n) is 3.69. The number of carbonyl (C=O) groups excluding carboxylic acids is 1. The van der Waals surface area contributed by atoms with Gasteiger partial charge in [-0.1, -0.05) is 44.2 Å². The van der Waals surface area contributed by atoms with Crippen LogP contribution >= 0.6 is 0 Å². The van der Waals surface area contributed by atoms with Gasteiger partial charge in [0.25, 0.3) is 0 Å². The molecule has 25 heavy (non-hydrogen) atoms. The van der Waals surface area contributed by atoms with E-state index in [0.29, 0.717) is 18.0 Å². The van der Waals surface area contributed by atoms with Crippen molar-refractivity contribution >= 4 is 21.6 Å². The van der Waals surface area contributed by atoms with E-state index in [2.05, 4.69) is 23.9 Å². The molecule has 6 heteroatoms. The molecule has 1 amide bonds. The highest BCUT2D eigenvalue weighted by Crippen LogP contribution is 2.24. The Kier molecular flexibility index (Phi) is 6.33. The zero-order valence-electron chi connectivity index (χ0n) is 14.7. The van der Waals surface area contributed by atoms with Gasteiger partial charge in [0, 0.05) is 18.7 Å². The first-order chi connectivity index (χ1) is 11.8. The van der Waals surface area contributed by atoms with Crippen LogP contribution in [0.1, 0.15) is 38.8 Å². The summed E-state index contributed by atoms with van der Waals surface area (Å²) in [7, 11) is -3.66. The van der Waals surface area contributed by atoms with Crippen LogP contribution in [0.4, 0.5) is 5.69 Å². The second-order valence-electron chi connectivity index (χ2n) is 6.42. The van der Waals surface area contributed by atoms with E-state index < -0.39 is 10.0 Å². The molecule has 0 aliphatic heterocycles. The maximum Gasteiger partial charge on any atom is 0.241 e. The van der Waals surface area contributed by atoms with Gasteiger partial charge in [-0.05, 0) is 42.2 Å². The number of sulfonamides is 1. The van der Waals surface area contributed by atoms with Gasteiger partial charge in [0.2, 0.25) is 15.9 Å². The van der Waals surface area contributed by atoms with Crippen molar-refractivity contribution in [1.29, 1.82) is 0 Å². The predicted octanol–water partition coefficient (Wildman–Crippen LogP) is 3.71. The molecule has 0 aliphatic rings. The van der Waals surface area contributed by atoms with Crippen LogP contribution in [-0.2, 0) is 14.8 Å². The summed E-state index contributed by atoms with van der Waals surface area (Å²) in [6.45, 7) is 5.53. The summed E-state index contributed by atoms with van der Waals surface area (Å²) < 4.78 is 28.3. The van der Waals surface area contributed by atoms with Gasteiger partial charge in [0.1, 0.15) is 0 Å². The number of benzene rings is 2. The van der Waals surface area contributed by atoms with Crippen molar-refractivity contribution in [2.45, 2.75) is 38.1 Å². The van der Waals surface area contributed by atoms with E-state index in [1.54, 1.807) is 12.1 Å². The topological polar surface area (TPSA) is 75.3 Å². The predicted molar refractivity (Wildman–Crippen MR) is 99.7 cm³/mol. The molecule has 2 rings (SSSR count). The maximum absolute atomic E-state index is 12.7. The van der Waals surface area contributed by atoms with Crippen LogP contribution in [0.25, 0.3) is 0 Å². The lowest BCUT2D eigenvalue weighted by Gasteiger charge is -2.21. The Hall–Kier alpha value is -2.18. The number of hydrogen-bond acceptors (Lipinski definition) is 3. The average molecular weight is 360 g/mol. The second-order valence-corrected chi connectivity index (χ2v) is 8.13. The lowest BCUT2D eigenvalue weighted by atomic mass is 9.98. The fraction of sp³-hybridized carbons (Fsp3) is 0.316. The van der Waals surface area contributed by atoms with Gasteiger partial charge in [-0.25, -0.2) is 13.1 Å². The highest BCUT2D eigenvalue weighted by Gasteiger charge is 2.22. The molecule has 2 N–H and O–H groups in total. The number of anilines is 1. The number of amides is 1. The van der Waals surface area contributed by atoms with Gasteiger partial charge in [0.15, 0.2) is 0 Å². The third kappa shape index (κ3) is 5.69. The van der Waals surface area contributed by atoms with E-state index >= 15 is 0 Å². The number of nitrogens with one attached hydrogen (secondary N) is 2. The minimum absolute atomic E-state index is 0.172. The fourth-order valence-corrected chi connectivity index (χ4v) is 3.82. The van der Waals surface area contributed by atoms with Crippen LogP contribution in [0.3, 0.4) is 0 Å². The summed E-state index contributed by atoms with van der Waals surface area (Å²) in [6.07, 6.45) is 0.702. The van der Waals surface area contributed by atoms with E-state index in [1.807, 2.05) is 30.3 Å². The molecule has 1 atom stereocenters. The number of carbonyl (C=O) groups is 1. The van der Waals surface area contributed by atoms with Gasteiger partial charge in [-0.3, -0.25) is 4.79 Å². The average Bonchev–Trinajstić information content (AvgIpc) is 2.54. The summed E-state index contributed by atoms with van der Waals surface area (Å²) in [5.41, 5.74) is 1.50. The Morgan fingerprint density at radius 2 is 1.60 bits per heavy atom. The van der Waals surface area contributed by atoms with Crippen molar-refractivity contribution < 1.29 is 13.2 Å². The molecule has 2 aromatic rings. The van der Waals surface area contributed by atoms with Crippen LogP contribution in [0.2, 0.25) is 0 Å².